The number of hydrogen-bond donors (Lipinski definition) is 1. The summed E-state index contributed by atoms with van der Waals surface area (Å²) in [6.07, 6.45) is 1.28. The van der Waals surface area contributed by atoms with Crippen LogP contribution in [0.15, 0.2) is 23.1 Å². The predicted octanol–water partition coefficient (Wildman–Crippen LogP) is 0.843. The molecule has 0 aromatic heterocycles. The van der Waals surface area contributed by atoms with E-state index in [1.165, 1.54) is 4.31 Å². The van der Waals surface area contributed by atoms with Gasteiger partial charge in [0.1, 0.15) is 11.9 Å². The zero-order valence-corrected chi connectivity index (χ0v) is 10.9. The normalized spacial score (nSPS) is 20.4. The highest BCUT2D eigenvalue weighted by molar-refractivity contribution is 7.89. The van der Waals surface area contributed by atoms with Crippen LogP contribution in [0.4, 0.5) is 4.39 Å². The molecule has 0 unspecified atom stereocenters. The number of nitrogens with zero attached hydrogens (tertiary/aromatic N) is 2. The van der Waals surface area contributed by atoms with E-state index in [2.05, 4.69) is 0 Å². The van der Waals surface area contributed by atoms with Crippen LogP contribution in [-0.2, 0) is 10.0 Å². The Morgan fingerprint density at radius 3 is 2.89 bits per heavy atom. The number of aliphatic hydroxyl groups excluding tert-OH is 1. The van der Waals surface area contributed by atoms with Crippen molar-refractivity contribution in [3.63, 3.8) is 0 Å². The van der Waals surface area contributed by atoms with E-state index in [1.807, 2.05) is 0 Å². The van der Waals surface area contributed by atoms with Gasteiger partial charge in [0.15, 0.2) is 0 Å². The lowest BCUT2D eigenvalue weighted by atomic mass is 10.2. The minimum absolute atomic E-state index is 0.120. The highest BCUT2D eigenvalue weighted by atomic mass is 32.2. The molecule has 19 heavy (non-hydrogen) atoms. The molecule has 1 saturated heterocycles. The van der Waals surface area contributed by atoms with Gasteiger partial charge >= 0.3 is 0 Å². The van der Waals surface area contributed by atoms with E-state index in [-0.39, 0.29) is 17.1 Å². The Balaban J connectivity index is 2.43. The average molecular weight is 284 g/mol. The molecule has 0 bridgehead atoms. The molecule has 1 fully saturated rings. The smallest absolute Gasteiger partial charge is 0.243 e. The van der Waals surface area contributed by atoms with Crippen LogP contribution in [0.5, 0.6) is 0 Å². The Morgan fingerprint density at radius 1 is 1.53 bits per heavy atom. The molecule has 0 radical (unpaired) electrons. The van der Waals surface area contributed by atoms with Gasteiger partial charge in [-0.15, -0.1) is 0 Å². The summed E-state index contributed by atoms with van der Waals surface area (Å²) in [6, 6.07) is 4.30. The second-order valence-corrected chi connectivity index (χ2v) is 6.24. The summed E-state index contributed by atoms with van der Waals surface area (Å²) in [5, 5.41) is 17.9. The van der Waals surface area contributed by atoms with Gasteiger partial charge in [-0.2, -0.15) is 9.57 Å². The van der Waals surface area contributed by atoms with E-state index < -0.39 is 21.9 Å². The van der Waals surface area contributed by atoms with E-state index in [0.717, 1.165) is 18.2 Å². The van der Waals surface area contributed by atoms with Crippen LogP contribution in [0.1, 0.15) is 18.4 Å². The first-order chi connectivity index (χ1) is 9.00. The maximum atomic E-state index is 13.2. The molecule has 0 amide bonds. The summed E-state index contributed by atoms with van der Waals surface area (Å²) in [5.41, 5.74) is -0.305. The van der Waals surface area contributed by atoms with Gasteiger partial charge in [-0.3, -0.25) is 0 Å². The SMILES string of the molecule is N#Cc1cc(S(=O)(=O)N2CCC[C@H]2CO)ccc1F. The quantitative estimate of drug-likeness (QED) is 0.892. The lowest BCUT2D eigenvalue weighted by Gasteiger charge is -2.22. The van der Waals surface area contributed by atoms with Gasteiger partial charge in [-0.25, -0.2) is 12.8 Å². The molecule has 1 aromatic carbocycles. The second-order valence-electron chi connectivity index (χ2n) is 4.35. The van der Waals surface area contributed by atoms with Crippen LogP contribution in [0, 0.1) is 17.1 Å². The number of aliphatic hydroxyl groups is 1. The molecule has 0 saturated carbocycles. The van der Waals surface area contributed by atoms with Crippen molar-refractivity contribution in [1.82, 2.24) is 4.31 Å². The number of hydrogen-bond acceptors (Lipinski definition) is 4. The molecule has 1 atom stereocenters. The molecule has 1 N–H and O–H groups in total. The fourth-order valence-corrected chi connectivity index (χ4v) is 3.91. The lowest BCUT2D eigenvalue weighted by Crippen LogP contribution is -2.37. The molecular formula is C12H13FN2O3S. The Labute approximate surface area is 110 Å². The third-order valence-electron chi connectivity index (χ3n) is 3.20. The lowest BCUT2D eigenvalue weighted by molar-refractivity contribution is 0.213. The van der Waals surface area contributed by atoms with Crippen molar-refractivity contribution < 1.29 is 17.9 Å². The topological polar surface area (TPSA) is 81.4 Å². The Morgan fingerprint density at radius 2 is 2.26 bits per heavy atom. The molecule has 0 aliphatic carbocycles. The molecule has 0 spiro atoms. The second kappa shape index (κ2) is 5.25. The van der Waals surface area contributed by atoms with Crippen molar-refractivity contribution in [2.24, 2.45) is 0 Å². The summed E-state index contributed by atoms with van der Waals surface area (Å²) in [7, 11) is -3.79. The number of sulfonamides is 1. The van der Waals surface area contributed by atoms with E-state index in [0.29, 0.717) is 19.4 Å². The fourth-order valence-electron chi connectivity index (χ4n) is 2.19. The standard InChI is InChI=1S/C12H13FN2O3S/c13-12-4-3-11(6-9(12)7-14)19(17,18)15-5-1-2-10(15)8-16/h3-4,6,10,16H,1-2,5,8H2/t10-/m0/s1. The Kier molecular flexibility index (Phi) is 3.85. The van der Waals surface area contributed by atoms with Gasteiger partial charge in [-0.1, -0.05) is 0 Å². The third-order valence-corrected chi connectivity index (χ3v) is 5.15. The number of nitriles is 1. The largest absolute Gasteiger partial charge is 0.395 e. The maximum Gasteiger partial charge on any atom is 0.243 e. The van der Waals surface area contributed by atoms with Crippen LogP contribution in [0.3, 0.4) is 0 Å². The van der Waals surface area contributed by atoms with Gasteiger partial charge in [0, 0.05) is 12.6 Å². The first kappa shape index (κ1) is 13.9. The van der Waals surface area contributed by atoms with E-state index in [9.17, 15) is 17.9 Å². The average Bonchev–Trinajstić information content (AvgIpc) is 2.88. The van der Waals surface area contributed by atoms with Crippen molar-refractivity contribution in [3.8, 4) is 6.07 Å². The van der Waals surface area contributed by atoms with Crippen molar-refractivity contribution in [2.45, 2.75) is 23.8 Å². The van der Waals surface area contributed by atoms with Crippen molar-refractivity contribution in [2.75, 3.05) is 13.2 Å². The van der Waals surface area contributed by atoms with E-state index >= 15 is 0 Å². The first-order valence-corrected chi connectivity index (χ1v) is 7.27. The van der Waals surface area contributed by atoms with Crippen molar-refractivity contribution in [1.29, 1.82) is 5.26 Å². The third kappa shape index (κ3) is 2.47. The Bertz CT molecular complexity index is 624. The molecule has 5 nitrogen and oxygen atoms in total. The van der Waals surface area contributed by atoms with Crippen LogP contribution < -0.4 is 0 Å². The molecule has 1 aliphatic rings. The number of benzene rings is 1. The monoisotopic (exact) mass is 284 g/mol. The maximum absolute atomic E-state index is 13.2. The van der Waals surface area contributed by atoms with Crippen LogP contribution in [0.25, 0.3) is 0 Å². The van der Waals surface area contributed by atoms with Gasteiger partial charge in [0.05, 0.1) is 17.1 Å². The summed E-state index contributed by atoms with van der Waals surface area (Å²) < 4.78 is 39.1. The van der Waals surface area contributed by atoms with E-state index in [4.69, 9.17) is 5.26 Å². The predicted molar refractivity (Wildman–Crippen MR) is 65.1 cm³/mol. The zero-order valence-electron chi connectivity index (χ0n) is 10.1. The summed E-state index contributed by atoms with van der Waals surface area (Å²) >= 11 is 0. The fraction of sp³-hybridized carbons (Fsp3) is 0.417. The van der Waals surface area contributed by atoms with Crippen molar-refractivity contribution in [3.05, 3.63) is 29.6 Å². The molecule has 1 aliphatic heterocycles. The minimum atomic E-state index is -3.79. The summed E-state index contributed by atoms with van der Waals surface area (Å²) in [6.45, 7) is 0.0817. The molecule has 7 heteroatoms. The van der Waals surface area contributed by atoms with Crippen LogP contribution in [-0.4, -0.2) is 37.0 Å². The van der Waals surface area contributed by atoms with E-state index in [1.54, 1.807) is 6.07 Å². The number of halogens is 1. The van der Waals surface area contributed by atoms with Crippen LogP contribution >= 0.6 is 0 Å². The van der Waals surface area contributed by atoms with Crippen molar-refractivity contribution >= 4 is 10.0 Å². The van der Waals surface area contributed by atoms with Gasteiger partial charge in [0.2, 0.25) is 10.0 Å². The zero-order chi connectivity index (χ0) is 14.0. The molecule has 102 valence electrons. The van der Waals surface area contributed by atoms with Crippen LogP contribution in [0.2, 0.25) is 0 Å². The highest BCUT2D eigenvalue weighted by Crippen LogP contribution is 2.26. The Hall–Kier alpha value is -1.49. The molecule has 1 aromatic rings. The molecule has 2 rings (SSSR count). The molecular weight excluding hydrogens is 271 g/mol. The first-order valence-electron chi connectivity index (χ1n) is 5.83. The number of rotatable bonds is 3. The summed E-state index contributed by atoms with van der Waals surface area (Å²) in [5.74, 6) is -0.749. The minimum Gasteiger partial charge on any atom is -0.395 e. The van der Waals surface area contributed by atoms with Gasteiger partial charge < -0.3 is 5.11 Å². The van der Waals surface area contributed by atoms with Gasteiger partial charge in [0.25, 0.3) is 0 Å². The van der Waals surface area contributed by atoms with Gasteiger partial charge in [-0.05, 0) is 31.0 Å². The summed E-state index contributed by atoms with van der Waals surface area (Å²) in [4.78, 5) is -0.120. The molecule has 1 heterocycles. The highest BCUT2D eigenvalue weighted by Gasteiger charge is 2.35.